The van der Waals surface area contributed by atoms with Crippen molar-refractivity contribution in [3.8, 4) is 0 Å². The van der Waals surface area contributed by atoms with Crippen LogP contribution in [-0.4, -0.2) is 76.7 Å². The van der Waals surface area contributed by atoms with E-state index in [2.05, 4.69) is 0 Å². The summed E-state index contributed by atoms with van der Waals surface area (Å²) in [4.78, 5) is 45.8. The largest absolute Gasteiger partial charge is 0.466 e. The van der Waals surface area contributed by atoms with E-state index in [1.165, 1.54) is 0 Å². The molecule has 40 heavy (non-hydrogen) atoms. The Kier molecular flexibility index (Phi) is 28.1. The minimum Gasteiger partial charge on any atom is -0.466 e. The summed E-state index contributed by atoms with van der Waals surface area (Å²) in [7, 11) is 0. The van der Waals surface area contributed by atoms with Crippen LogP contribution in [0.1, 0.15) is 117 Å². The maximum Gasteiger partial charge on any atom is 0.332 e. The zero-order chi connectivity index (χ0) is 29.5. The van der Waals surface area contributed by atoms with Crippen LogP contribution in [0.4, 0.5) is 0 Å². The van der Waals surface area contributed by atoms with Crippen molar-refractivity contribution in [1.29, 1.82) is 0 Å². The molecule has 0 aromatic carbocycles. The number of ether oxygens (including phenoxy) is 6. The molecular weight excluding hydrogens is 520 g/mol. The van der Waals surface area contributed by atoms with Gasteiger partial charge < -0.3 is 28.4 Å². The van der Waals surface area contributed by atoms with Crippen LogP contribution < -0.4 is 0 Å². The van der Waals surface area contributed by atoms with Gasteiger partial charge in [-0.15, -0.1) is 0 Å². The van der Waals surface area contributed by atoms with Gasteiger partial charge in [-0.25, -0.2) is 9.59 Å². The van der Waals surface area contributed by atoms with Gasteiger partial charge in [-0.2, -0.15) is 0 Å². The maximum absolute atomic E-state index is 11.7. The Morgan fingerprint density at radius 2 is 0.700 bits per heavy atom. The molecule has 0 saturated heterocycles. The lowest BCUT2D eigenvalue weighted by atomic mass is 10.1. The predicted octanol–water partition coefficient (Wildman–Crippen LogP) is 5.47. The van der Waals surface area contributed by atoms with Crippen molar-refractivity contribution in [3.05, 3.63) is 0 Å². The summed E-state index contributed by atoms with van der Waals surface area (Å²) in [6, 6.07) is 0. The van der Waals surface area contributed by atoms with Crippen LogP contribution in [-0.2, 0) is 47.6 Å². The second-order valence-electron chi connectivity index (χ2n) is 9.61. The van der Waals surface area contributed by atoms with E-state index in [0.717, 1.165) is 89.9 Å². The minimum atomic E-state index is -0.407. The molecule has 0 unspecified atom stereocenters. The van der Waals surface area contributed by atoms with Gasteiger partial charge in [-0.3, -0.25) is 9.59 Å². The number of esters is 4. The number of rotatable bonds is 29. The van der Waals surface area contributed by atoms with E-state index < -0.39 is 11.9 Å². The molecule has 0 aliphatic carbocycles. The van der Waals surface area contributed by atoms with Crippen molar-refractivity contribution in [2.45, 2.75) is 117 Å². The van der Waals surface area contributed by atoms with E-state index in [9.17, 15) is 19.2 Å². The summed E-state index contributed by atoms with van der Waals surface area (Å²) in [6.45, 7) is 5.37. The fourth-order valence-corrected chi connectivity index (χ4v) is 3.86. The molecule has 0 bridgehead atoms. The molecule has 0 spiro atoms. The maximum atomic E-state index is 11.7. The highest BCUT2D eigenvalue weighted by Gasteiger charge is 2.06. The molecule has 0 radical (unpaired) electrons. The third-order valence-corrected chi connectivity index (χ3v) is 6.00. The van der Waals surface area contributed by atoms with Crippen LogP contribution in [0.3, 0.4) is 0 Å². The Labute approximate surface area is 241 Å². The molecule has 0 heterocycles. The predicted molar refractivity (Wildman–Crippen MR) is 151 cm³/mol. The second-order valence-corrected chi connectivity index (χ2v) is 9.61. The minimum absolute atomic E-state index is 0.118. The third-order valence-electron chi connectivity index (χ3n) is 6.00. The standard InChI is InChI=1S/C30H54O10/c1-3-37-27(31)19-15-11-7-5-9-13-17-21-39-29(33)25-35-23-24-36-26-30(34)40-22-18-14-10-6-8-12-16-20-28(32)38-4-2/h3-26H2,1-2H3. The Morgan fingerprint density at radius 1 is 0.375 bits per heavy atom. The average Bonchev–Trinajstić information content (AvgIpc) is 2.93. The molecule has 0 fully saturated rings. The van der Waals surface area contributed by atoms with Crippen LogP contribution in [0.5, 0.6) is 0 Å². The first kappa shape index (κ1) is 37.8. The van der Waals surface area contributed by atoms with E-state index in [-0.39, 0.29) is 38.4 Å². The molecule has 0 amide bonds. The Balaban J connectivity index is 3.33. The Bertz CT molecular complexity index is 584. The lowest BCUT2D eigenvalue weighted by Gasteiger charge is -2.07. The SMILES string of the molecule is CCOC(=O)CCCCCCCCCOC(=O)COCCOCC(=O)OCCCCCCCCCC(=O)OCC. The smallest absolute Gasteiger partial charge is 0.332 e. The highest BCUT2D eigenvalue weighted by Crippen LogP contribution is 2.10. The van der Waals surface area contributed by atoms with Crippen molar-refractivity contribution in [2.24, 2.45) is 0 Å². The first-order chi connectivity index (χ1) is 19.5. The van der Waals surface area contributed by atoms with Crippen molar-refractivity contribution in [1.82, 2.24) is 0 Å². The molecule has 0 aliphatic rings. The van der Waals surface area contributed by atoms with Gasteiger partial charge in [0.1, 0.15) is 13.2 Å². The number of carbonyl (C=O) groups is 4. The first-order valence-electron chi connectivity index (χ1n) is 15.3. The van der Waals surface area contributed by atoms with Gasteiger partial charge in [-0.05, 0) is 39.5 Å². The fraction of sp³-hybridized carbons (Fsp3) is 0.867. The third kappa shape index (κ3) is 28.8. The monoisotopic (exact) mass is 574 g/mol. The molecule has 10 nitrogen and oxygen atoms in total. The summed E-state index contributed by atoms with van der Waals surface area (Å²) in [6.07, 6.45) is 15.0. The van der Waals surface area contributed by atoms with Gasteiger partial charge in [0.25, 0.3) is 0 Å². The molecule has 0 saturated carbocycles. The van der Waals surface area contributed by atoms with Crippen LogP contribution in [0.2, 0.25) is 0 Å². The summed E-state index contributed by atoms with van der Waals surface area (Å²) >= 11 is 0. The summed E-state index contributed by atoms with van der Waals surface area (Å²) in [5.41, 5.74) is 0. The number of carbonyl (C=O) groups excluding carboxylic acids is 4. The van der Waals surface area contributed by atoms with Gasteiger partial charge in [0.05, 0.1) is 39.6 Å². The van der Waals surface area contributed by atoms with E-state index in [1.807, 2.05) is 13.8 Å². The van der Waals surface area contributed by atoms with Crippen LogP contribution in [0.25, 0.3) is 0 Å². The van der Waals surface area contributed by atoms with Gasteiger partial charge >= 0.3 is 23.9 Å². The van der Waals surface area contributed by atoms with Crippen LogP contribution in [0, 0.1) is 0 Å². The van der Waals surface area contributed by atoms with Crippen LogP contribution in [0.15, 0.2) is 0 Å². The first-order valence-corrected chi connectivity index (χ1v) is 15.3. The summed E-state index contributed by atoms with van der Waals surface area (Å²) in [5, 5.41) is 0. The number of unbranched alkanes of at least 4 members (excludes halogenated alkanes) is 12. The van der Waals surface area contributed by atoms with E-state index in [1.54, 1.807) is 0 Å². The lowest BCUT2D eigenvalue weighted by molar-refractivity contribution is -0.152. The molecular formula is C30H54O10. The highest BCUT2D eigenvalue weighted by molar-refractivity contribution is 5.71. The fourth-order valence-electron chi connectivity index (χ4n) is 3.86. The van der Waals surface area contributed by atoms with Gasteiger partial charge in [0.2, 0.25) is 0 Å². The molecule has 0 rings (SSSR count). The molecule has 0 aromatic rings. The molecule has 10 heteroatoms. The molecule has 0 atom stereocenters. The molecule has 0 aromatic heterocycles. The van der Waals surface area contributed by atoms with Gasteiger partial charge in [-0.1, -0.05) is 64.2 Å². The van der Waals surface area contributed by atoms with Crippen molar-refractivity contribution < 1.29 is 47.6 Å². The van der Waals surface area contributed by atoms with E-state index >= 15 is 0 Å². The topological polar surface area (TPSA) is 124 Å². The molecule has 0 N–H and O–H groups in total. The Hall–Kier alpha value is -2.20. The normalized spacial score (nSPS) is 10.8. The number of hydrogen-bond donors (Lipinski definition) is 0. The second kappa shape index (κ2) is 29.8. The van der Waals surface area contributed by atoms with Crippen molar-refractivity contribution >= 4 is 23.9 Å². The van der Waals surface area contributed by atoms with Gasteiger partial charge in [0.15, 0.2) is 0 Å². The highest BCUT2D eigenvalue weighted by atomic mass is 16.6. The van der Waals surface area contributed by atoms with Gasteiger partial charge in [0, 0.05) is 12.8 Å². The van der Waals surface area contributed by atoms with E-state index in [4.69, 9.17) is 28.4 Å². The van der Waals surface area contributed by atoms with Crippen molar-refractivity contribution in [3.63, 3.8) is 0 Å². The zero-order valence-corrected chi connectivity index (χ0v) is 25.1. The zero-order valence-electron chi connectivity index (χ0n) is 25.1. The Morgan fingerprint density at radius 3 is 1.05 bits per heavy atom. The average molecular weight is 575 g/mol. The van der Waals surface area contributed by atoms with Crippen molar-refractivity contribution in [2.75, 3.05) is 52.9 Å². The lowest BCUT2D eigenvalue weighted by Crippen LogP contribution is -2.18. The summed E-state index contributed by atoms with van der Waals surface area (Å²) in [5.74, 6) is -1.05. The molecule has 0 aliphatic heterocycles. The van der Waals surface area contributed by atoms with E-state index in [0.29, 0.717) is 39.3 Å². The molecule has 234 valence electrons. The quantitative estimate of drug-likeness (QED) is 0.0645. The number of hydrogen-bond acceptors (Lipinski definition) is 10. The summed E-state index contributed by atoms with van der Waals surface area (Å²) < 4.78 is 30.5. The van der Waals surface area contributed by atoms with Crippen LogP contribution >= 0.6 is 0 Å².